The van der Waals surface area contributed by atoms with E-state index >= 15 is 0 Å². The number of rotatable bonds is 4. The highest BCUT2D eigenvalue weighted by Crippen LogP contribution is 2.21. The molecule has 3 heterocycles. The monoisotopic (exact) mass is 279 g/mol. The van der Waals surface area contributed by atoms with Crippen molar-refractivity contribution in [3.63, 3.8) is 0 Å². The zero-order chi connectivity index (χ0) is 13.2. The van der Waals surface area contributed by atoms with E-state index in [1.165, 1.54) is 12.7 Å². The number of nitrogens with zero attached hydrogens (tertiary/aromatic N) is 6. The van der Waals surface area contributed by atoms with Gasteiger partial charge in [-0.1, -0.05) is 16.8 Å². The third kappa shape index (κ3) is 2.22. The van der Waals surface area contributed by atoms with Crippen LogP contribution in [0.25, 0.3) is 5.78 Å². The normalized spacial score (nSPS) is 11.1. The zero-order valence-corrected chi connectivity index (χ0v) is 10.8. The van der Waals surface area contributed by atoms with Gasteiger partial charge in [0.25, 0.3) is 5.78 Å². The Labute approximate surface area is 112 Å². The molecule has 8 nitrogen and oxygen atoms in total. The Hall–Kier alpha value is -2.22. The Morgan fingerprint density at radius 3 is 3.05 bits per heavy atom. The van der Waals surface area contributed by atoms with Gasteiger partial charge in [0, 0.05) is 18.5 Å². The van der Waals surface area contributed by atoms with Crippen molar-refractivity contribution in [2.75, 3.05) is 11.9 Å². The molecule has 0 radical (unpaired) electrons. The second-order valence-electron chi connectivity index (χ2n) is 3.86. The molecular weight excluding hydrogens is 270 g/mol. The lowest BCUT2D eigenvalue weighted by Crippen LogP contribution is -2.12. The van der Waals surface area contributed by atoms with E-state index in [2.05, 4.69) is 30.5 Å². The topological polar surface area (TPSA) is 94.0 Å². The minimum atomic E-state index is 0.404. The Kier molecular flexibility index (Phi) is 3.00. The number of nitrogens with one attached hydrogen (secondary N) is 1. The second-order valence-corrected chi connectivity index (χ2v) is 4.22. The van der Waals surface area contributed by atoms with Crippen LogP contribution in [0, 0.1) is 6.92 Å². The average molecular weight is 280 g/mol. The summed E-state index contributed by atoms with van der Waals surface area (Å²) in [6, 6.07) is 0. The molecule has 0 saturated carbocycles. The Balaban J connectivity index is 1.83. The van der Waals surface area contributed by atoms with E-state index in [9.17, 15) is 0 Å². The van der Waals surface area contributed by atoms with Crippen LogP contribution in [0.4, 0.5) is 5.82 Å². The molecule has 0 bridgehead atoms. The maximum Gasteiger partial charge on any atom is 0.255 e. The zero-order valence-electron chi connectivity index (χ0n) is 10.0. The number of fused-ring (bicyclic) bond motifs is 1. The molecule has 9 heteroatoms. The predicted octanol–water partition coefficient (Wildman–Crippen LogP) is 1.12. The SMILES string of the molecule is Cc1c(Cl)nc2ncnn2c1NCCc1ncno1. The fourth-order valence-corrected chi connectivity index (χ4v) is 1.86. The Morgan fingerprint density at radius 1 is 1.37 bits per heavy atom. The second kappa shape index (κ2) is 4.81. The first-order valence-corrected chi connectivity index (χ1v) is 5.99. The van der Waals surface area contributed by atoms with E-state index in [1.807, 2.05) is 6.92 Å². The minimum absolute atomic E-state index is 0.404. The number of hydrogen-bond acceptors (Lipinski definition) is 7. The Morgan fingerprint density at radius 2 is 2.26 bits per heavy atom. The summed E-state index contributed by atoms with van der Waals surface area (Å²) >= 11 is 6.06. The molecule has 0 aromatic carbocycles. The molecule has 0 unspecified atom stereocenters. The molecule has 0 fully saturated rings. The van der Waals surface area contributed by atoms with Crippen molar-refractivity contribution in [3.8, 4) is 0 Å². The fraction of sp³-hybridized carbons (Fsp3) is 0.300. The molecule has 3 aromatic heterocycles. The van der Waals surface area contributed by atoms with Crippen LogP contribution in [-0.2, 0) is 6.42 Å². The van der Waals surface area contributed by atoms with Crippen LogP contribution < -0.4 is 5.32 Å². The third-order valence-electron chi connectivity index (χ3n) is 2.64. The van der Waals surface area contributed by atoms with E-state index in [-0.39, 0.29) is 0 Å². The lowest BCUT2D eigenvalue weighted by molar-refractivity contribution is 0.379. The van der Waals surface area contributed by atoms with Crippen molar-refractivity contribution in [1.82, 2.24) is 29.7 Å². The summed E-state index contributed by atoms with van der Waals surface area (Å²) in [5.74, 6) is 1.78. The molecule has 0 saturated heterocycles. The summed E-state index contributed by atoms with van der Waals surface area (Å²) in [4.78, 5) is 12.1. The smallest absolute Gasteiger partial charge is 0.255 e. The third-order valence-corrected chi connectivity index (χ3v) is 3.01. The largest absolute Gasteiger partial charge is 0.369 e. The standard InChI is InChI=1S/C10H10ClN7O/c1-6-8(11)17-10-14-4-15-18(10)9(6)12-3-2-7-13-5-16-19-7/h4-5,12H,2-3H2,1H3. The van der Waals surface area contributed by atoms with Crippen molar-refractivity contribution in [2.45, 2.75) is 13.3 Å². The van der Waals surface area contributed by atoms with Crippen LogP contribution in [-0.4, -0.2) is 36.3 Å². The van der Waals surface area contributed by atoms with Gasteiger partial charge in [-0.2, -0.15) is 24.6 Å². The van der Waals surface area contributed by atoms with Gasteiger partial charge in [-0.15, -0.1) is 0 Å². The van der Waals surface area contributed by atoms with Crippen LogP contribution in [0.3, 0.4) is 0 Å². The summed E-state index contributed by atoms with van der Waals surface area (Å²) < 4.78 is 6.53. The van der Waals surface area contributed by atoms with Gasteiger partial charge in [0.1, 0.15) is 17.3 Å². The van der Waals surface area contributed by atoms with Crippen LogP contribution in [0.2, 0.25) is 5.15 Å². The summed E-state index contributed by atoms with van der Waals surface area (Å²) in [6.07, 6.45) is 3.41. The molecule has 0 amide bonds. The number of aromatic nitrogens is 6. The highest BCUT2D eigenvalue weighted by atomic mass is 35.5. The summed E-state index contributed by atoms with van der Waals surface area (Å²) in [5, 5.41) is 11.3. The molecule has 0 atom stereocenters. The molecule has 0 spiro atoms. The number of halogens is 1. The lowest BCUT2D eigenvalue weighted by atomic mass is 10.3. The van der Waals surface area contributed by atoms with Crippen LogP contribution in [0.15, 0.2) is 17.2 Å². The van der Waals surface area contributed by atoms with Crippen molar-refractivity contribution in [1.29, 1.82) is 0 Å². The van der Waals surface area contributed by atoms with Crippen LogP contribution in [0.5, 0.6) is 0 Å². The fourth-order valence-electron chi connectivity index (χ4n) is 1.70. The van der Waals surface area contributed by atoms with Gasteiger partial charge >= 0.3 is 0 Å². The number of anilines is 1. The maximum atomic E-state index is 6.06. The molecule has 19 heavy (non-hydrogen) atoms. The predicted molar refractivity (Wildman–Crippen MR) is 67.0 cm³/mol. The molecule has 1 N–H and O–H groups in total. The quantitative estimate of drug-likeness (QED) is 0.715. The van der Waals surface area contributed by atoms with Crippen molar-refractivity contribution in [2.24, 2.45) is 0 Å². The van der Waals surface area contributed by atoms with Gasteiger partial charge in [-0.05, 0) is 6.92 Å². The van der Waals surface area contributed by atoms with Crippen molar-refractivity contribution in [3.05, 3.63) is 29.3 Å². The molecule has 0 aliphatic rings. The van der Waals surface area contributed by atoms with Crippen molar-refractivity contribution >= 4 is 23.2 Å². The lowest BCUT2D eigenvalue weighted by Gasteiger charge is -2.10. The highest BCUT2D eigenvalue weighted by Gasteiger charge is 2.12. The summed E-state index contributed by atoms with van der Waals surface area (Å²) in [7, 11) is 0. The highest BCUT2D eigenvalue weighted by molar-refractivity contribution is 6.30. The molecule has 0 aliphatic heterocycles. The van der Waals surface area contributed by atoms with E-state index in [1.54, 1.807) is 4.52 Å². The molecular formula is C10H10ClN7O. The minimum Gasteiger partial charge on any atom is -0.369 e. The van der Waals surface area contributed by atoms with Gasteiger partial charge < -0.3 is 9.84 Å². The van der Waals surface area contributed by atoms with Crippen molar-refractivity contribution < 1.29 is 4.52 Å². The van der Waals surface area contributed by atoms with Crippen LogP contribution in [0.1, 0.15) is 11.5 Å². The average Bonchev–Trinajstić information content (AvgIpc) is 3.04. The molecule has 98 valence electrons. The van der Waals surface area contributed by atoms with Gasteiger partial charge in [0.2, 0.25) is 5.89 Å². The van der Waals surface area contributed by atoms with Crippen LogP contribution >= 0.6 is 11.6 Å². The van der Waals surface area contributed by atoms with E-state index in [4.69, 9.17) is 16.1 Å². The maximum absolute atomic E-state index is 6.06. The van der Waals surface area contributed by atoms with E-state index < -0.39 is 0 Å². The van der Waals surface area contributed by atoms with Gasteiger partial charge in [-0.25, -0.2) is 0 Å². The van der Waals surface area contributed by atoms with Gasteiger partial charge in [0.05, 0.1) is 0 Å². The summed E-state index contributed by atoms with van der Waals surface area (Å²) in [5.41, 5.74) is 0.810. The number of hydrogen-bond donors (Lipinski definition) is 1. The Bertz CT molecular complexity index is 693. The van der Waals surface area contributed by atoms with E-state index in [0.29, 0.717) is 29.8 Å². The molecule has 3 rings (SSSR count). The molecule has 0 aliphatic carbocycles. The first kappa shape index (κ1) is 11.8. The first-order chi connectivity index (χ1) is 9.25. The first-order valence-electron chi connectivity index (χ1n) is 5.61. The van der Waals surface area contributed by atoms with E-state index in [0.717, 1.165) is 11.4 Å². The van der Waals surface area contributed by atoms with Gasteiger partial charge in [0.15, 0.2) is 6.33 Å². The van der Waals surface area contributed by atoms with Gasteiger partial charge in [-0.3, -0.25) is 0 Å². The molecule has 3 aromatic rings. The summed E-state index contributed by atoms with van der Waals surface area (Å²) in [6.45, 7) is 2.48.